The van der Waals surface area contributed by atoms with Crippen LogP contribution in [0.2, 0.25) is 0 Å². The van der Waals surface area contributed by atoms with Crippen LogP contribution in [0.25, 0.3) is 0 Å². The quantitative estimate of drug-likeness (QED) is 0.390. The number of halogens is 1. The highest BCUT2D eigenvalue weighted by Gasteiger charge is 2.13. The Kier molecular flexibility index (Phi) is 8.32. The van der Waals surface area contributed by atoms with Gasteiger partial charge in [-0.1, -0.05) is 41.1 Å². The third-order valence-corrected chi connectivity index (χ3v) is 5.29. The van der Waals surface area contributed by atoms with Gasteiger partial charge in [0.15, 0.2) is 0 Å². The first kappa shape index (κ1) is 21.5. The minimum atomic E-state index is -0.181. The third kappa shape index (κ3) is 6.08. The van der Waals surface area contributed by atoms with Gasteiger partial charge in [-0.05, 0) is 55.2 Å². The smallest absolute Gasteiger partial charge is 0.311 e. The van der Waals surface area contributed by atoms with Crippen molar-refractivity contribution >= 4 is 27.6 Å². The highest BCUT2D eigenvalue weighted by molar-refractivity contribution is 9.10. The second kappa shape index (κ2) is 10.5. The molecule has 0 radical (unpaired) electrons. The Balaban J connectivity index is 2.21. The van der Waals surface area contributed by atoms with Crippen LogP contribution in [-0.4, -0.2) is 26.2 Å². The Hall–Kier alpha value is -1.85. The van der Waals surface area contributed by atoms with Gasteiger partial charge in [0.1, 0.15) is 5.75 Å². The van der Waals surface area contributed by atoms with Gasteiger partial charge in [-0.15, -0.1) is 0 Å². The van der Waals surface area contributed by atoms with E-state index >= 15 is 0 Å². The van der Waals surface area contributed by atoms with Crippen LogP contribution in [0.1, 0.15) is 36.5 Å². The van der Waals surface area contributed by atoms with Gasteiger partial charge in [0.25, 0.3) is 0 Å². The van der Waals surface area contributed by atoms with E-state index in [0.29, 0.717) is 18.8 Å². The molecule has 0 atom stereocenters. The predicted octanol–water partition coefficient (Wildman–Crippen LogP) is 5.42. The van der Waals surface area contributed by atoms with Crippen molar-refractivity contribution in [2.45, 2.75) is 40.2 Å². The molecule has 0 aromatic heterocycles. The average molecular weight is 434 g/mol. The molecule has 2 aromatic rings. The minimum Gasteiger partial charge on any atom is -0.426 e. The van der Waals surface area contributed by atoms with Crippen molar-refractivity contribution in [1.82, 2.24) is 0 Å². The van der Waals surface area contributed by atoms with Crippen molar-refractivity contribution in [1.29, 1.82) is 0 Å². The second-order valence-corrected chi connectivity index (χ2v) is 7.48. The normalized spacial score (nSPS) is 10.7. The number of hydrogen-bond acceptors (Lipinski definition) is 4. The molecular formula is C22H28BrNO3. The Morgan fingerprint density at radius 2 is 1.96 bits per heavy atom. The summed E-state index contributed by atoms with van der Waals surface area (Å²) < 4.78 is 11.8. The fourth-order valence-electron chi connectivity index (χ4n) is 2.95. The molecule has 146 valence electrons. The fourth-order valence-corrected chi connectivity index (χ4v) is 3.30. The van der Waals surface area contributed by atoms with Gasteiger partial charge in [-0.3, -0.25) is 4.79 Å². The summed E-state index contributed by atoms with van der Waals surface area (Å²) in [5.74, 6) is 0.458. The van der Waals surface area contributed by atoms with Crippen molar-refractivity contribution in [2.24, 2.45) is 0 Å². The van der Waals surface area contributed by atoms with Gasteiger partial charge in [0, 0.05) is 36.8 Å². The number of rotatable bonds is 9. The van der Waals surface area contributed by atoms with Crippen molar-refractivity contribution in [3.8, 4) is 5.75 Å². The van der Waals surface area contributed by atoms with Crippen LogP contribution in [0.3, 0.4) is 0 Å². The molecule has 0 saturated heterocycles. The van der Waals surface area contributed by atoms with Gasteiger partial charge in [0.2, 0.25) is 0 Å². The number of carbonyl (C=O) groups is 1. The molecule has 0 heterocycles. The predicted molar refractivity (Wildman–Crippen MR) is 114 cm³/mol. The highest BCUT2D eigenvalue weighted by Crippen LogP contribution is 2.29. The molecule has 0 aliphatic heterocycles. The summed E-state index contributed by atoms with van der Waals surface area (Å²) in [7, 11) is 1.72. The maximum atomic E-state index is 11.8. The zero-order valence-corrected chi connectivity index (χ0v) is 18.1. The van der Waals surface area contributed by atoms with Crippen LogP contribution in [0.4, 0.5) is 5.69 Å². The lowest BCUT2D eigenvalue weighted by atomic mass is 10.1. The summed E-state index contributed by atoms with van der Waals surface area (Å²) in [4.78, 5) is 14.1. The summed E-state index contributed by atoms with van der Waals surface area (Å²) in [6.45, 7) is 8.25. The molecule has 0 aliphatic rings. The summed E-state index contributed by atoms with van der Waals surface area (Å²) in [5.41, 5.74) is 4.51. The van der Waals surface area contributed by atoms with E-state index in [1.165, 1.54) is 16.8 Å². The molecule has 0 aliphatic carbocycles. The van der Waals surface area contributed by atoms with Gasteiger partial charge in [-0.2, -0.15) is 0 Å². The number of methoxy groups -OCH3 is 1. The van der Waals surface area contributed by atoms with E-state index in [-0.39, 0.29) is 5.97 Å². The molecule has 5 heteroatoms. The van der Waals surface area contributed by atoms with Crippen molar-refractivity contribution in [3.05, 3.63) is 57.6 Å². The molecule has 0 unspecified atom stereocenters. The molecular weight excluding hydrogens is 406 g/mol. The number of hydrogen-bond donors (Lipinski definition) is 0. The lowest BCUT2D eigenvalue weighted by molar-refractivity contribution is -0.134. The number of aryl methyl sites for hydroxylation is 1. The van der Waals surface area contributed by atoms with E-state index < -0.39 is 0 Å². The first-order valence-corrected chi connectivity index (χ1v) is 10.0. The topological polar surface area (TPSA) is 38.8 Å². The molecule has 2 rings (SSSR count). The van der Waals surface area contributed by atoms with Gasteiger partial charge in [-0.25, -0.2) is 0 Å². The van der Waals surface area contributed by atoms with Crippen LogP contribution in [0, 0.1) is 13.8 Å². The Bertz CT molecular complexity index is 776. The third-order valence-electron chi connectivity index (χ3n) is 4.44. The number of carbonyl (C=O) groups excluding carboxylic acids is 1. The highest BCUT2D eigenvalue weighted by atomic mass is 79.9. The number of benzene rings is 2. The standard InChI is InChI=1S/C22H28BrNO3/c1-5-7-22(25)27-21-11-10-18(14-16(21)2)15-24(12-13-26-4)20-9-6-8-19(23)17(20)3/h6,8-11,14H,5,7,12-13,15H2,1-4H3. The monoisotopic (exact) mass is 433 g/mol. The Morgan fingerprint density at radius 1 is 1.19 bits per heavy atom. The molecule has 0 bridgehead atoms. The molecule has 0 N–H and O–H groups in total. The van der Waals surface area contributed by atoms with E-state index in [1.807, 2.05) is 32.0 Å². The van der Waals surface area contributed by atoms with E-state index in [4.69, 9.17) is 9.47 Å². The molecule has 27 heavy (non-hydrogen) atoms. The van der Waals surface area contributed by atoms with Gasteiger partial charge >= 0.3 is 5.97 Å². The van der Waals surface area contributed by atoms with E-state index in [9.17, 15) is 4.79 Å². The first-order chi connectivity index (χ1) is 13.0. The zero-order valence-electron chi connectivity index (χ0n) is 16.5. The summed E-state index contributed by atoms with van der Waals surface area (Å²) in [5, 5.41) is 0. The lowest BCUT2D eigenvalue weighted by Crippen LogP contribution is -2.27. The molecule has 0 fully saturated rings. The Labute approximate surface area is 170 Å². The van der Waals surface area contributed by atoms with Crippen LogP contribution < -0.4 is 9.64 Å². The summed E-state index contributed by atoms with van der Waals surface area (Å²) in [6, 6.07) is 12.2. The lowest BCUT2D eigenvalue weighted by Gasteiger charge is -2.27. The number of ether oxygens (including phenoxy) is 2. The maximum absolute atomic E-state index is 11.8. The molecule has 4 nitrogen and oxygen atoms in total. The summed E-state index contributed by atoms with van der Waals surface area (Å²) in [6.07, 6.45) is 1.23. The number of nitrogens with zero attached hydrogens (tertiary/aromatic N) is 1. The van der Waals surface area contributed by atoms with E-state index in [1.54, 1.807) is 7.11 Å². The van der Waals surface area contributed by atoms with Crippen molar-refractivity contribution < 1.29 is 14.3 Å². The Morgan fingerprint density at radius 3 is 2.63 bits per heavy atom. The molecule has 0 amide bonds. The van der Waals surface area contributed by atoms with Crippen molar-refractivity contribution in [3.63, 3.8) is 0 Å². The SMILES string of the molecule is CCCC(=O)Oc1ccc(CN(CCOC)c2cccc(Br)c2C)cc1C. The van der Waals surface area contributed by atoms with Crippen LogP contribution in [-0.2, 0) is 16.1 Å². The van der Waals surface area contributed by atoms with Gasteiger partial charge < -0.3 is 14.4 Å². The molecule has 0 spiro atoms. The largest absolute Gasteiger partial charge is 0.426 e. The minimum absolute atomic E-state index is 0.181. The molecule has 0 saturated carbocycles. The number of anilines is 1. The fraction of sp³-hybridized carbons (Fsp3) is 0.409. The maximum Gasteiger partial charge on any atom is 0.311 e. The zero-order chi connectivity index (χ0) is 19.8. The second-order valence-electron chi connectivity index (χ2n) is 6.62. The average Bonchev–Trinajstić information content (AvgIpc) is 2.63. The van der Waals surface area contributed by atoms with Crippen LogP contribution in [0.5, 0.6) is 5.75 Å². The van der Waals surface area contributed by atoms with Crippen LogP contribution >= 0.6 is 15.9 Å². The first-order valence-electron chi connectivity index (χ1n) is 9.25. The summed E-state index contributed by atoms with van der Waals surface area (Å²) >= 11 is 3.62. The van der Waals surface area contributed by atoms with Crippen LogP contribution in [0.15, 0.2) is 40.9 Å². The van der Waals surface area contributed by atoms with E-state index in [2.05, 4.69) is 46.0 Å². The van der Waals surface area contributed by atoms with E-state index in [0.717, 1.165) is 29.5 Å². The van der Waals surface area contributed by atoms with Gasteiger partial charge in [0.05, 0.1) is 6.61 Å². The number of esters is 1. The van der Waals surface area contributed by atoms with Crippen molar-refractivity contribution in [2.75, 3.05) is 25.2 Å². The molecule has 2 aromatic carbocycles.